The zero-order valence-corrected chi connectivity index (χ0v) is 14.3. The SMILES string of the molecule is CCCC(=O)Nc1ccc(NC(=O)c2ccc([N+](=O)[O-])cc2[N+](=O)[O-])cc1. The third-order valence-corrected chi connectivity index (χ3v) is 3.54. The molecule has 10 nitrogen and oxygen atoms in total. The topological polar surface area (TPSA) is 144 Å². The molecule has 0 heterocycles. The van der Waals surface area contributed by atoms with E-state index in [-0.39, 0.29) is 11.5 Å². The van der Waals surface area contributed by atoms with Gasteiger partial charge in [0.25, 0.3) is 17.3 Å². The first-order chi connectivity index (χ1) is 12.8. The summed E-state index contributed by atoms with van der Waals surface area (Å²) >= 11 is 0. The lowest BCUT2D eigenvalue weighted by Gasteiger charge is -2.08. The molecule has 2 N–H and O–H groups in total. The van der Waals surface area contributed by atoms with E-state index < -0.39 is 27.1 Å². The van der Waals surface area contributed by atoms with Crippen LogP contribution < -0.4 is 10.6 Å². The number of nitrogens with zero attached hydrogens (tertiary/aromatic N) is 2. The number of hydrogen-bond donors (Lipinski definition) is 2. The average molecular weight is 372 g/mol. The van der Waals surface area contributed by atoms with E-state index in [1.807, 2.05) is 6.92 Å². The van der Waals surface area contributed by atoms with Crippen LogP contribution in [0.15, 0.2) is 42.5 Å². The minimum Gasteiger partial charge on any atom is -0.326 e. The first-order valence-electron chi connectivity index (χ1n) is 7.96. The maximum absolute atomic E-state index is 12.3. The van der Waals surface area contributed by atoms with Gasteiger partial charge in [-0.25, -0.2) is 0 Å². The highest BCUT2D eigenvalue weighted by Gasteiger charge is 2.24. The molecule has 0 saturated heterocycles. The fourth-order valence-corrected chi connectivity index (χ4v) is 2.26. The molecule has 2 aromatic rings. The Morgan fingerprint density at radius 3 is 2.04 bits per heavy atom. The third kappa shape index (κ3) is 5.08. The summed E-state index contributed by atoms with van der Waals surface area (Å²) in [6.07, 6.45) is 1.11. The molecule has 0 unspecified atom stereocenters. The molecule has 0 atom stereocenters. The molecule has 0 aliphatic rings. The van der Waals surface area contributed by atoms with Crippen LogP contribution in [0, 0.1) is 20.2 Å². The number of amides is 2. The Labute approximate surface area is 153 Å². The van der Waals surface area contributed by atoms with Crippen LogP contribution in [0.25, 0.3) is 0 Å². The molecule has 140 valence electrons. The van der Waals surface area contributed by atoms with Crippen LogP contribution in [0.4, 0.5) is 22.7 Å². The van der Waals surface area contributed by atoms with Gasteiger partial charge in [-0.15, -0.1) is 0 Å². The van der Waals surface area contributed by atoms with Crippen molar-refractivity contribution in [2.45, 2.75) is 19.8 Å². The van der Waals surface area contributed by atoms with Crippen LogP contribution in [-0.2, 0) is 4.79 Å². The number of rotatable bonds is 7. The van der Waals surface area contributed by atoms with Gasteiger partial charge in [0.1, 0.15) is 5.56 Å². The van der Waals surface area contributed by atoms with Crippen molar-refractivity contribution in [2.24, 2.45) is 0 Å². The van der Waals surface area contributed by atoms with Crippen LogP contribution in [0.2, 0.25) is 0 Å². The van der Waals surface area contributed by atoms with Crippen LogP contribution in [-0.4, -0.2) is 21.7 Å². The smallest absolute Gasteiger partial charge is 0.289 e. The zero-order valence-electron chi connectivity index (χ0n) is 14.3. The van der Waals surface area contributed by atoms with Crippen molar-refractivity contribution < 1.29 is 19.4 Å². The number of benzene rings is 2. The predicted octanol–water partition coefficient (Wildman–Crippen LogP) is 3.49. The second-order valence-electron chi connectivity index (χ2n) is 5.55. The first kappa shape index (κ1) is 19.5. The number of carbonyl (C=O) groups is 2. The summed E-state index contributed by atoms with van der Waals surface area (Å²) in [6.45, 7) is 1.88. The standard InChI is InChI=1S/C17H16N4O6/c1-2-3-16(22)18-11-4-6-12(7-5-11)19-17(23)14-9-8-13(20(24)25)10-15(14)21(26)27/h4-10H,2-3H2,1H3,(H,18,22)(H,19,23). The zero-order chi connectivity index (χ0) is 20.0. The summed E-state index contributed by atoms with van der Waals surface area (Å²) in [6, 6.07) is 8.99. The minimum absolute atomic E-state index is 0.129. The number of non-ortho nitro benzene ring substituents is 1. The Morgan fingerprint density at radius 2 is 1.52 bits per heavy atom. The van der Waals surface area contributed by atoms with Crippen LogP contribution in [0.5, 0.6) is 0 Å². The molecule has 0 fully saturated rings. The molecular formula is C17H16N4O6. The van der Waals surface area contributed by atoms with E-state index in [1.165, 1.54) is 12.1 Å². The highest BCUT2D eigenvalue weighted by molar-refractivity contribution is 6.07. The Bertz CT molecular complexity index is 895. The Kier molecular flexibility index (Phi) is 6.15. The Balaban J connectivity index is 2.16. The largest absolute Gasteiger partial charge is 0.326 e. The molecule has 10 heteroatoms. The van der Waals surface area contributed by atoms with E-state index in [0.29, 0.717) is 24.2 Å². The van der Waals surface area contributed by atoms with Crippen molar-refractivity contribution in [1.29, 1.82) is 0 Å². The van der Waals surface area contributed by atoms with E-state index >= 15 is 0 Å². The summed E-state index contributed by atoms with van der Waals surface area (Å²) in [5.74, 6) is -0.907. The second-order valence-corrected chi connectivity index (χ2v) is 5.55. The lowest BCUT2D eigenvalue weighted by atomic mass is 10.1. The summed E-state index contributed by atoms with van der Waals surface area (Å²) in [5.41, 5.74) is -0.546. The lowest BCUT2D eigenvalue weighted by molar-refractivity contribution is -0.394. The maximum Gasteiger partial charge on any atom is 0.289 e. The van der Waals surface area contributed by atoms with Crippen LogP contribution in [0.3, 0.4) is 0 Å². The molecule has 2 rings (SSSR count). The van der Waals surface area contributed by atoms with Gasteiger partial charge >= 0.3 is 0 Å². The van der Waals surface area contributed by atoms with Crippen LogP contribution in [0.1, 0.15) is 30.1 Å². The third-order valence-electron chi connectivity index (χ3n) is 3.54. The Hall–Kier alpha value is -3.82. The summed E-state index contributed by atoms with van der Waals surface area (Å²) in [7, 11) is 0. The second kappa shape index (κ2) is 8.52. The minimum atomic E-state index is -0.853. The van der Waals surface area contributed by atoms with Crippen molar-refractivity contribution >= 4 is 34.6 Å². The maximum atomic E-state index is 12.3. The van der Waals surface area contributed by atoms with Gasteiger partial charge in [-0.1, -0.05) is 6.92 Å². The molecular weight excluding hydrogens is 356 g/mol. The number of hydrogen-bond acceptors (Lipinski definition) is 6. The molecule has 0 radical (unpaired) electrons. The van der Waals surface area contributed by atoms with Crippen molar-refractivity contribution in [1.82, 2.24) is 0 Å². The van der Waals surface area contributed by atoms with Gasteiger partial charge in [0.05, 0.1) is 15.9 Å². The number of nitrogens with one attached hydrogen (secondary N) is 2. The van der Waals surface area contributed by atoms with Gasteiger partial charge < -0.3 is 10.6 Å². The van der Waals surface area contributed by atoms with Crippen LogP contribution >= 0.6 is 0 Å². The fourth-order valence-electron chi connectivity index (χ4n) is 2.26. The van der Waals surface area contributed by atoms with Gasteiger partial charge in [-0.3, -0.25) is 29.8 Å². The van der Waals surface area contributed by atoms with Crippen molar-refractivity contribution in [3.63, 3.8) is 0 Å². The van der Waals surface area contributed by atoms with E-state index in [9.17, 15) is 29.8 Å². The monoisotopic (exact) mass is 372 g/mol. The number of nitro groups is 2. The molecule has 0 bridgehead atoms. The number of nitro benzene ring substituents is 2. The van der Waals surface area contributed by atoms with E-state index in [1.54, 1.807) is 12.1 Å². The molecule has 0 saturated carbocycles. The molecule has 0 aromatic heterocycles. The fraction of sp³-hybridized carbons (Fsp3) is 0.176. The predicted molar refractivity (Wildman–Crippen MR) is 97.7 cm³/mol. The summed E-state index contributed by atoms with van der Waals surface area (Å²) in [5, 5.41) is 27.0. The van der Waals surface area contributed by atoms with E-state index in [0.717, 1.165) is 18.2 Å². The highest BCUT2D eigenvalue weighted by atomic mass is 16.6. The average Bonchev–Trinajstić information content (AvgIpc) is 2.62. The number of carbonyl (C=O) groups excluding carboxylic acids is 2. The van der Waals surface area contributed by atoms with Gasteiger partial charge in [-0.05, 0) is 36.8 Å². The molecule has 27 heavy (non-hydrogen) atoms. The quantitative estimate of drug-likeness (QED) is 0.562. The number of anilines is 2. The van der Waals surface area contributed by atoms with Crippen molar-refractivity contribution in [2.75, 3.05) is 10.6 Å². The van der Waals surface area contributed by atoms with Gasteiger partial charge in [0, 0.05) is 23.9 Å². The molecule has 0 aliphatic carbocycles. The Morgan fingerprint density at radius 1 is 0.926 bits per heavy atom. The van der Waals surface area contributed by atoms with Gasteiger partial charge in [0.2, 0.25) is 5.91 Å². The lowest BCUT2D eigenvalue weighted by Crippen LogP contribution is -2.14. The van der Waals surface area contributed by atoms with Crippen molar-refractivity contribution in [3.8, 4) is 0 Å². The summed E-state index contributed by atoms with van der Waals surface area (Å²) < 4.78 is 0. The molecule has 0 spiro atoms. The highest BCUT2D eigenvalue weighted by Crippen LogP contribution is 2.25. The first-order valence-corrected chi connectivity index (χ1v) is 7.96. The van der Waals surface area contributed by atoms with E-state index in [2.05, 4.69) is 10.6 Å². The normalized spacial score (nSPS) is 10.1. The molecule has 2 amide bonds. The van der Waals surface area contributed by atoms with Crippen molar-refractivity contribution in [3.05, 3.63) is 68.3 Å². The molecule has 2 aromatic carbocycles. The molecule has 0 aliphatic heterocycles. The van der Waals surface area contributed by atoms with E-state index in [4.69, 9.17) is 0 Å². The van der Waals surface area contributed by atoms with Gasteiger partial charge in [-0.2, -0.15) is 0 Å². The summed E-state index contributed by atoms with van der Waals surface area (Å²) in [4.78, 5) is 44.1. The van der Waals surface area contributed by atoms with Gasteiger partial charge in [0.15, 0.2) is 0 Å².